The van der Waals surface area contributed by atoms with E-state index in [4.69, 9.17) is 5.73 Å². The summed E-state index contributed by atoms with van der Waals surface area (Å²) in [6.45, 7) is 6.75. The lowest BCUT2D eigenvalue weighted by atomic mass is 9.86. The maximum Gasteiger partial charge on any atom is 0.259 e. The number of hydrogen-bond donors (Lipinski definition) is 1. The molecule has 2 N–H and O–H groups in total. The first-order valence-corrected chi connectivity index (χ1v) is 8.06. The summed E-state index contributed by atoms with van der Waals surface area (Å²) in [5.41, 5.74) is 12.4. The Balaban J connectivity index is 2.33. The number of hydrogen-bond acceptors (Lipinski definition) is 2. The molecule has 3 heteroatoms. The third-order valence-corrected chi connectivity index (χ3v) is 4.95. The van der Waals surface area contributed by atoms with Crippen molar-refractivity contribution in [2.45, 2.75) is 46.6 Å². The van der Waals surface area contributed by atoms with Gasteiger partial charge in [0, 0.05) is 17.8 Å². The van der Waals surface area contributed by atoms with Crippen molar-refractivity contribution in [3.63, 3.8) is 0 Å². The second-order valence-electron chi connectivity index (χ2n) is 6.55. The summed E-state index contributed by atoms with van der Waals surface area (Å²) >= 11 is 0. The van der Waals surface area contributed by atoms with Crippen LogP contribution in [-0.4, -0.2) is 4.57 Å². The average molecular weight is 296 g/mol. The number of benzene rings is 1. The SMILES string of the molecule is Cc1cccc(-n2c3c(cc(CN)c2=O)CC(C)CC3)c1C. The van der Waals surface area contributed by atoms with Gasteiger partial charge in [0.15, 0.2) is 0 Å². The second kappa shape index (κ2) is 5.73. The number of fused-ring (bicyclic) bond motifs is 1. The minimum atomic E-state index is 0.0458. The predicted molar refractivity (Wildman–Crippen MR) is 90.6 cm³/mol. The maximum atomic E-state index is 12.9. The van der Waals surface area contributed by atoms with Gasteiger partial charge >= 0.3 is 0 Å². The van der Waals surface area contributed by atoms with Crippen LogP contribution in [0.2, 0.25) is 0 Å². The van der Waals surface area contributed by atoms with Crippen LogP contribution in [0.5, 0.6) is 0 Å². The number of nitrogens with two attached hydrogens (primary N) is 1. The summed E-state index contributed by atoms with van der Waals surface area (Å²) in [5.74, 6) is 0.669. The molecule has 0 aliphatic heterocycles. The summed E-state index contributed by atoms with van der Waals surface area (Å²) in [6, 6.07) is 8.19. The lowest BCUT2D eigenvalue weighted by Crippen LogP contribution is -2.31. The van der Waals surface area contributed by atoms with Gasteiger partial charge < -0.3 is 5.73 Å². The Morgan fingerprint density at radius 1 is 1.32 bits per heavy atom. The van der Waals surface area contributed by atoms with Crippen molar-refractivity contribution in [2.75, 3.05) is 0 Å². The van der Waals surface area contributed by atoms with E-state index in [2.05, 4.69) is 26.8 Å². The molecule has 0 amide bonds. The van der Waals surface area contributed by atoms with Gasteiger partial charge in [-0.25, -0.2) is 0 Å². The minimum absolute atomic E-state index is 0.0458. The minimum Gasteiger partial charge on any atom is -0.326 e. The number of nitrogens with zero attached hydrogens (tertiary/aromatic N) is 1. The fraction of sp³-hybridized carbons (Fsp3) is 0.421. The smallest absolute Gasteiger partial charge is 0.259 e. The average Bonchev–Trinajstić information content (AvgIpc) is 2.50. The molecule has 0 spiro atoms. The van der Waals surface area contributed by atoms with Gasteiger partial charge in [0.1, 0.15) is 0 Å². The third kappa shape index (κ3) is 2.40. The Morgan fingerprint density at radius 3 is 2.82 bits per heavy atom. The Hall–Kier alpha value is -1.87. The van der Waals surface area contributed by atoms with Crippen LogP contribution in [-0.2, 0) is 19.4 Å². The van der Waals surface area contributed by atoms with Crippen molar-refractivity contribution >= 4 is 0 Å². The number of aryl methyl sites for hydroxylation is 1. The van der Waals surface area contributed by atoms with Crippen LogP contribution in [0.3, 0.4) is 0 Å². The highest BCUT2D eigenvalue weighted by Gasteiger charge is 2.22. The van der Waals surface area contributed by atoms with E-state index in [1.807, 2.05) is 22.8 Å². The highest BCUT2D eigenvalue weighted by Crippen LogP contribution is 2.28. The van der Waals surface area contributed by atoms with E-state index in [1.165, 1.54) is 22.4 Å². The van der Waals surface area contributed by atoms with Gasteiger partial charge in [0.05, 0.1) is 5.69 Å². The molecule has 1 heterocycles. The van der Waals surface area contributed by atoms with E-state index < -0.39 is 0 Å². The summed E-state index contributed by atoms with van der Waals surface area (Å²) in [5, 5.41) is 0. The third-order valence-electron chi connectivity index (χ3n) is 4.95. The number of rotatable bonds is 2. The highest BCUT2D eigenvalue weighted by molar-refractivity contribution is 5.48. The van der Waals surface area contributed by atoms with Crippen molar-refractivity contribution in [1.29, 1.82) is 0 Å². The zero-order chi connectivity index (χ0) is 15.9. The van der Waals surface area contributed by atoms with Gasteiger partial charge in [-0.05, 0) is 67.9 Å². The molecule has 3 nitrogen and oxygen atoms in total. The van der Waals surface area contributed by atoms with E-state index in [-0.39, 0.29) is 5.56 Å². The van der Waals surface area contributed by atoms with Gasteiger partial charge in [-0.1, -0.05) is 19.1 Å². The quantitative estimate of drug-likeness (QED) is 0.926. The molecular formula is C19H24N2O. The van der Waals surface area contributed by atoms with Gasteiger partial charge in [0.25, 0.3) is 5.56 Å². The van der Waals surface area contributed by atoms with Crippen molar-refractivity contribution in [3.05, 3.63) is 62.6 Å². The Bertz CT molecular complexity index is 774. The Kier molecular flexibility index (Phi) is 3.92. The molecule has 0 saturated heterocycles. The molecular weight excluding hydrogens is 272 g/mol. The summed E-state index contributed by atoms with van der Waals surface area (Å²) in [7, 11) is 0. The lowest BCUT2D eigenvalue weighted by molar-refractivity contribution is 0.485. The second-order valence-corrected chi connectivity index (χ2v) is 6.55. The molecule has 1 aromatic heterocycles. The van der Waals surface area contributed by atoms with Crippen LogP contribution in [0.1, 0.15) is 41.3 Å². The first kappa shape index (κ1) is 15.0. The fourth-order valence-corrected chi connectivity index (χ4v) is 3.45. The molecule has 1 atom stereocenters. The van der Waals surface area contributed by atoms with Crippen molar-refractivity contribution in [3.8, 4) is 5.69 Å². The molecule has 1 aliphatic carbocycles. The largest absolute Gasteiger partial charge is 0.326 e. The lowest BCUT2D eigenvalue weighted by Gasteiger charge is -2.26. The fourth-order valence-electron chi connectivity index (χ4n) is 3.45. The molecule has 1 aromatic carbocycles. The Morgan fingerprint density at radius 2 is 2.09 bits per heavy atom. The maximum absolute atomic E-state index is 12.9. The molecule has 0 radical (unpaired) electrons. The molecule has 2 aromatic rings. The Labute approximate surface area is 131 Å². The first-order valence-electron chi connectivity index (χ1n) is 8.06. The van der Waals surface area contributed by atoms with Crippen LogP contribution in [0.25, 0.3) is 5.69 Å². The van der Waals surface area contributed by atoms with E-state index in [0.717, 1.165) is 24.9 Å². The van der Waals surface area contributed by atoms with Crippen molar-refractivity contribution in [2.24, 2.45) is 11.7 Å². The van der Waals surface area contributed by atoms with Crippen molar-refractivity contribution < 1.29 is 0 Å². The van der Waals surface area contributed by atoms with Crippen LogP contribution < -0.4 is 11.3 Å². The molecule has 0 saturated carbocycles. The van der Waals surface area contributed by atoms with Gasteiger partial charge in [0.2, 0.25) is 0 Å². The number of aromatic nitrogens is 1. The van der Waals surface area contributed by atoms with Gasteiger partial charge in [-0.15, -0.1) is 0 Å². The van der Waals surface area contributed by atoms with Gasteiger partial charge in [-0.2, -0.15) is 0 Å². The zero-order valence-electron chi connectivity index (χ0n) is 13.6. The summed E-state index contributed by atoms with van der Waals surface area (Å²) in [6.07, 6.45) is 3.14. The van der Waals surface area contributed by atoms with Crippen LogP contribution in [0.15, 0.2) is 29.1 Å². The van der Waals surface area contributed by atoms with Crippen LogP contribution in [0.4, 0.5) is 0 Å². The topological polar surface area (TPSA) is 48.0 Å². The molecule has 0 bridgehead atoms. The standard InChI is InChI=1S/C19H24N2O/c1-12-7-8-18-15(9-12)10-16(11-20)19(22)21(18)17-6-4-5-13(2)14(17)3/h4-6,10,12H,7-9,11,20H2,1-3H3. The molecule has 1 aliphatic rings. The first-order chi connectivity index (χ1) is 10.5. The van der Waals surface area contributed by atoms with Crippen molar-refractivity contribution in [1.82, 2.24) is 4.57 Å². The molecule has 22 heavy (non-hydrogen) atoms. The summed E-state index contributed by atoms with van der Waals surface area (Å²) in [4.78, 5) is 12.9. The van der Waals surface area contributed by atoms with Gasteiger partial charge in [-0.3, -0.25) is 9.36 Å². The zero-order valence-corrected chi connectivity index (χ0v) is 13.6. The molecule has 3 rings (SSSR count). The predicted octanol–water partition coefficient (Wildman–Crippen LogP) is 3.04. The normalized spacial score (nSPS) is 17.4. The van der Waals surface area contributed by atoms with E-state index in [9.17, 15) is 4.79 Å². The van der Waals surface area contributed by atoms with E-state index >= 15 is 0 Å². The van der Waals surface area contributed by atoms with Crippen LogP contribution >= 0.6 is 0 Å². The van der Waals surface area contributed by atoms with E-state index in [0.29, 0.717) is 18.0 Å². The van der Waals surface area contributed by atoms with Crippen LogP contribution in [0, 0.1) is 19.8 Å². The monoisotopic (exact) mass is 296 g/mol. The molecule has 0 fully saturated rings. The molecule has 1 unspecified atom stereocenters. The molecule has 116 valence electrons. The highest BCUT2D eigenvalue weighted by atomic mass is 16.1. The van der Waals surface area contributed by atoms with E-state index in [1.54, 1.807) is 0 Å². The summed E-state index contributed by atoms with van der Waals surface area (Å²) < 4.78 is 1.92. The number of pyridine rings is 1.